The molecular weight excluding hydrogens is 102 g/mol. The lowest BCUT2D eigenvalue weighted by molar-refractivity contribution is -0.127. The van der Waals surface area contributed by atoms with Crippen LogP contribution in [0.4, 0.5) is 0 Å². The van der Waals surface area contributed by atoms with Gasteiger partial charge in [0.2, 0.25) is 5.91 Å². The third kappa shape index (κ3) is 0.735. The van der Waals surface area contributed by atoms with Crippen LogP contribution in [0, 0.1) is 6.42 Å². The van der Waals surface area contributed by atoms with E-state index in [1.54, 1.807) is 4.90 Å². The van der Waals surface area contributed by atoms with Crippen LogP contribution in [0.1, 0.15) is 0 Å². The van der Waals surface area contributed by atoms with E-state index in [4.69, 9.17) is 0 Å². The zero-order valence-electron chi connectivity index (χ0n) is 4.63. The second-order valence-electron chi connectivity index (χ2n) is 1.74. The Morgan fingerprint density at radius 2 is 2.38 bits per heavy atom. The van der Waals surface area contributed by atoms with Crippen LogP contribution in [0.3, 0.4) is 0 Å². The molecule has 0 bridgehead atoms. The number of hydrogen-bond donors (Lipinski definition) is 0. The molecule has 1 aliphatic rings. The molecule has 43 valence electrons. The van der Waals surface area contributed by atoms with Crippen LogP contribution >= 0.6 is 0 Å². The smallest absolute Gasteiger partial charge is 0.245 e. The first-order chi connectivity index (χ1) is 3.84. The van der Waals surface area contributed by atoms with Gasteiger partial charge in [0.1, 0.15) is 0 Å². The Labute approximate surface area is 48.8 Å². The lowest BCUT2D eigenvalue weighted by Crippen LogP contribution is -2.41. The largest absolute Gasteiger partial charge is 0.338 e. The Balaban J connectivity index is 2.34. The molecule has 0 aromatic carbocycles. The van der Waals surface area contributed by atoms with Gasteiger partial charge in [0.05, 0.1) is 0 Å². The standard InChI is InChI=1S/C6H8NO/c1-2-6(8)7-4-3-5-7/h2-3H,1,4-5H2. The fraction of sp³-hybridized carbons (Fsp3) is 0.333. The van der Waals surface area contributed by atoms with Crippen LogP contribution < -0.4 is 0 Å². The lowest BCUT2D eigenvalue weighted by Gasteiger charge is -2.29. The van der Waals surface area contributed by atoms with Crippen molar-refractivity contribution in [3.8, 4) is 0 Å². The molecule has 0 spiro atoms. The van der Waals surface area contributed by atoms with E-state index in [-0.39, 0.29) is 5.91 Å². The number of nitrogens with zero attached hydrogens (tertiary/aromatic N) is 1. The summed E-state index contributed by atoms with van der Waals surface area (Å²) >= 11 is 0. The van der Waals surface area contributed by atoms with Crippen LogP contribution in [0.2, 0.25) is 0 Å². The Morgan fingerprint density at radius 1 is 1.75 bits per heavy atom. The van der Waals surface area contributed by atoms with Crippen LogP contribution in [-0.2, 0) is 4.79 Å². The molecule has 0 aromatic rings. The van der Waals surface area contributed by atoms with Crippen molar-refractivity contribution in [2.24, 2.45) is 0 Å². The Bertz CT molecular complexity index is 116. The summed E-state index contributed by atoms with van der Waals surface area (Å²) in [4.78, 5) is 12.3. The van der Waals surface area contributed by atoms with Crippen molar-refractivity contribution in [1.29, 1.82) is 0 Å². The summed E-state index contributed by atoms with van der Waals surface area (Å²) in [7, 11) is 0. The van der Waals surface area contributed by atoms with Crippen molar-refractivity contribution in [1.82, 2.24) is 4.90 Å². The number of amides is 1. The zero-order chi connectivity index (χ0) is 5.98. The van der Waals surface area contributed by atoms with E-state index < -0.39 is 0 Å². The van der Waals surface area contributed by atoms with Crippen molar-refractivity contribution < 1.29 is 4.79 Å². The number of likely N-dealkylation sites (tertiary alicyclic amines) is 1. The molecule has 8 heavy (non-hydrogen) atoms. The van der Waals surface area contributed by atoms with Crippen molar-refractivity contribution in [2.75, 3.05) is 13.1 Å². The summed E-state index contributed by atoms with van der Waals surface area (Å²) in [5, 5.41) is 0. The minimum atomic E-state index is 0.0347. The normalized spacial score (nSPS) is 17.2. The number of rotatable bonds is 1. The van der Waals surface area contributed by atoms with Gasteiger partial charge < -0.3 is 4.90 Å². The fourth-order valence-electron chi connectivity index (χ4n) is 0.567. The average molecular weight is 110 g/mol. The summed E-state index contributed by atoms with van der Waals surface area (Å²) in [5.41, 5.74) is 0. The van der Waals surface area contributed by atoms with Gasteiger partial charge in [-0.15, -0.1) is 0 Å². The molecule has 0 N–H and O–H groups in total. The van der Waals surface area contributed by atoms with Gasteiger partial charge in [-0.1, -0.05) is 6.58 Å². The highest BCUT2D eigenvalue weighted by molar-refractivity contribution is 5.87. The van der Waals surface area contributed by atoms with Crippen molar-refractivity contribution in [2.45, 2.75) is 0 Å². The molecule has 1 aliphatic heterocycles. The maximum Gasteiger partial charge on any atom is 0.245 e. The maximum atomic E-state index is 10.6. The van der Waals surface area contributed by atoms with Crippen LogP contribution in [0.15, 0.2) is 12.7 Å². The summed E-state index contributed by atoms with van der Waals surface area (Å²) < 4.78 is 0. The van der Waals surface area contributed by atoms with Crippen LogP contribution in [-0.4, -0.2) is 23.9 Å². The van der Waals surface area contributed by atoms with E-state index >= 15 is 0 Å². The highest BCUT2D eigenvalue weighted by atomic mass is 16.2. The lowest BCUT2D eigenvalue weighted by atomic mass is 10.2. The molecule has 2 heteroatoms. The predicted octanol–water partition coefficient (Wildman–Crippen LogP) is 0.219. The SMILES string of the molecule is C=CC(=O)N1C[CH]C1. The third-order valence-corrected chi connectivity index (χ3v) is 1.19. The van der Waals surface area contributed by atoms with E-state index in [0.717, 1.165) is 13.1 Å². The molecular formula is C6H8NO. The van der Waals surface area contributed by atoms with Crippen molar-refractivity contribution in [3.05, 3.63) is 19.1 Å². The molecule has 0 aliphatic carbocycles. The molecule has 1 amide bonds. The van der Waals surface area contributed by atoms with Gasteiger partial charge >= 0.3 is 0 Å². The van der Waals surface area contributed by atoms with E-state index in [0.29, 0.717) is 0 Å². The Hall–Kier alpha value is -0.790. The number of hydrogen-bond acceptors (Lipinski definition) is 1. The van der Waals surface area contributed by atoms with Crippen LogP contribution in [0.25, 0.3) is 0 Å². The maximum absolute atomic E-state index is 10.6. The van der Waals surface area contributed by atoms with Gasteiger partial charge in [-0.25, -0.2) is 0 Å². The zero-order valence-corrected chi connectivity index (χ0v) is 4.63. The summed E-state index contributed by atoms with van der Waals surface area (Å²) in [6, 6.07) is 0. The van der Waals surface area contributed by atoms with E-state index in [1.165, 1.54) is 6.08 Å². The third-order valence-electron chi connectivity index (χ3n) is 1.19. The molecule has 0 unspecified atom stereocenters. The summed E-state index contributed by atoms with van der Waals surface area (Å²) in [6.07, 6.45) is 3.38. The fourth-order valence-corrected chi connectivity index (χ4v) is 0.567. The van der Waals surface area contributed by atoms with Gasteiger partial charge in [0, 0.05) is 19.5 Å². The average Bonchev–Trinajstić information content (AvgIpc) is 1.62. The van der Waals surface area contributed by atoms with Gasteiger partial charge in [-0.2, -0.15) is 0 Å². The molecule has 1 saturated heterocycles. The Kier molecular flexibility index (Phi) is 1.33. The van der Waals surface area contributed by atoms with Gasteiger partial charge in [0.15, 0.2) is 0 Å². The van der Waals surface area contributed by atoms with Crippen LogP contribution in [0.5, 0.6) is 0 Å². The number of carbonyl (C=O) groups is 1. The highest BCUT2D eigenvalue weighted by Crippen LogP contribution is 2.03. The van der Waals surface area contributed by atoms with Crippen molar-refractivity contribution in [3.63, 3.8) is 0 Å². The second kappa shape index (κ2) is 1.99. The highest BCUT2D eigenvalue weighted by Gasteiger charge is 2.16. The Morgan fingerprint density at radius 3 is 2.50 bits per heavy atom. The van der Waals surface area contributed by atoms with Gasteiger partial charge in [-0.05, 0) is 6.08 Å². The van der Waals surface area contributed by atoms with Crippen molar-refractivity contribution >= 4 is 5.91 Å². The second-order valence-corrected chi connectivity index (χ2v) is 1.74. The minimum absolute atomic E-state index is 0.0347. The predicted molar refractivity (Wildman–Crippen MR) is 31.1 cm³/mol. The molecule has 1 rings (SSSR count). The molecule has 1 radical (unpaired) electrons. The monoisotopic (exact) mass is 110 g/mol. The minimum Gasteiger partial charge on any atom is -0.338 e. The molecule has 2 nitrogen and oxygen atoms in total. The molecule has 1 heterocycles. The first kappa shape index (κ1) is 5.35. The van der Waals surface area contributed by atoms with E-state index in [9.17, 15) is 4.79 Å². The van der Waals surface area contributed by atoms with E-state index in [1.807, 2.05) is 6.42 Å². The summed E-state index contributed by atoms with van der Waals surface area (Å²) in [6.45, 7) is 4.95. The van der Waals surface area contributed by atoms with E-state index in [2.05, 4.69) is 6.58 Å². The first-order valence-electron chi connectivity index (χ1n) is 2.57. The number of carbonyl (C=O) groups excluding carboxylic acids is 1. The van der Waals surface area contributed by atoms with Gasteiger partial charge in [0.25, 0.3) is 0 Å². The molecule has 0 aromatic heterocycles. The molecule has 1 fully saturated rings. The quantitative estimate of drug-likeness (QED) is 0.442. The summed E-state index contributed by atoms with van der Waals surface area (Å²) in [5.74, 6) is 0.0347. The molecule has 0 atom stereocenters. The first-order valence-corrected chi connectivity index (χ1v) is 2.57. The topological polar surface area (TPSA) is 20.3 Å². The van der Waals surface area contributed by atoms with Gasteiger partial charge in [-0.3, -0.25) is 4.79 Å². The molecule has 0 saturated carbocycles.